The summed E-state index contributed by atoms with van der Waals surface area (Å²) in [5.41, 5.74) is 0.304. The summed E-state index contributed by atoms with van der Waals surface area (Å²) in [5.74, 6) is -1.55. The predicted octanol–water partition coefficient (Wildman–Crippen LogP) is 5.47. The van der Waals surface area contributed by atoms with Crippen molar-refractivity contribution in [3.8, 4) is 0 Å². The molecule has 2 aliphatic rings. The molecule has 2 aliphatic heterocycles. The lowest BCUT2D eigenvalue weighted by molar-refractivity contribution is -0.142. The van der Waals surface area contributed by atoms with Crippen molar-refractivity contribution in [3.05, 3.63) is 68.9 Å². The minimum atomic E-state index is -4.56. The Morgan fingerprint density at radius 2 is 1.89 bits per heavy atom. The molecule has 0 bridgehead atoms. The number of nitrogens with zero attached hydrogens (tertiary/aromatic N) is 5. The number of thiazole rings is 1. The lowest BCUT2D eigenvalue weighted by Crippen LogP contribution is -2.40. The van der Waals surface area contributed by atoms with Crippen molar-refractivity contribution in [2.24, 2.45) is 5.16 Å². The van der Waals surface area contributed by atoms with Gasteiger partial charge in [-0.25, -0.2) is 13.8 Å². The molecule has 1 unspecified atom stereocenters. The van der Waals surface area contributed by atoms with Gasteiger partial charge in [-0.15, -0.1) is 11.3 Å². The zero-order valence-corrected chi connectivity index (χ0v) is 21.2. The summed E-state index contributed by atoms with van der Waals surface area (Å²) in [5, 5.41) is 10.3. The van der Waals surface area contributed by atoms with Crippen molar-refractivity contribution < 1.29 is 31.6 Å². The van der Waals surface area contributed by atoms with Gasteiger partial charge in [-0.2, -0.15) is 18.3 Å². The largest absolute Gasteiger partial charge is 0.435 e. The third kappa shape index (κ3) is 5.29. The third-order valence-electron chi connectivity index (χ3n) is 6.81. The molecule has 1 atom stereocenters. The summed E-state index contributed by atoms with van der Waals surface area (Å²) in [6.07, 6.45) is -3.60. The van der Waals surface area contributed by atoms with Crippen LogP contribution in [-0.2, 0) is 28.8 Å². The topological polar surface area (TPSA) is 72.6 Å². The Labute approximate surface area is 218 Å². The highest BCUT2D eigenvalue weighted by Crippen LogP contribution is 2.35. The Morgan fingerprint density at radius 1 is 1.18 bits per heavy atom. The Kier molecular flexibility index (Phi) is 7.21. The number of oxime groups is 1. The molecular weight excluding hydrogens is 529 g/mol. The summed E-state index contributed by atoms with van der Waals surface area (Å²) in [7, 11) is 0. The Hall–Kier alpha value is -3.35. The molecule has 1 aromatic carbocycles. The molecule has 2 aromatic heterocycles. The number of carbonyl (C=O) groups is 1. The number of hydrogen-bond donors (Lipinski definition) is 0. The van der Waals surface area contributed by atoms with Crippen LogP contribution in [0.4, 0.5) is 22.0 Å². The molecule has 0 aliphatic carbocycles. The van der Waals surface area contributed by atoms with Gasteiger partial charge in [0.05, 0.1) is 16.3 Å². The molecule has 3 aromatic rings. The van der Waals surface area contributed by atoms with Crippen LogP contribution in [0.25, 0.3) is 0 Å². The molecule has 13 heteroatoms. The van der Waals surface area contributed by atoms with Crippen molar-refractivity contribution in [2.75, 3.05) is 13.1 Å². The van der Waals surface area contributed by atoms with E-state index in [4.69, 9.17) is 4.84 Å². The highest BCUT2D eigenvalue weighted by Gasteiger charge is 2.35. The first-order chi connectivity index (χ1) is 18.1. The average Bonchev–Trinajstić information content (AvgIpc) is 3.63. The molecule has 1 saturated heterocycles. The van der Waals surface area contributed by atoms with Crippen molar-refractivity contribution in [1.29, 1.82) is 0 Å². The fourth-order valence-electron chi connectivity index (χ4n) is 4.73. The third-order valence-corrected chi connectivity index (χ3v) is 7.81. The summed E-state index contributed by atoms with van der Waals surface area (Å²) in [6.45, 7) is 2.38. The molecule has 1 fully saturated rings. The predicted molar refractivity (Wildman–Crippen MR) is 129 cm³/mol. The molecule has 4 heterocycles. The van der Waals surface area contributed by atoms with Gasteiger partial charge < -0.3 is 9.74 Å². The zero-order chi connectivity index (χ0) is 27.0. The smallest absolute Gasteiger partial charge is 0.387 e. The molecular formula is C25H24F5N5O2S. The second-order valence-corrected chi connectivity index (χ2v) is 10.1. The first-order valence-electron chi connectivity index (χ1n) is 12.2. The van der Waals surface area contributed by atoms with E-state index in [0.29, 0.717) is 49.5 Å². The molecule has 0 saturated carbocycles. The van der Waals surface area contributed by atoms with E-state index in [2.05, 4.69) is 15.2 Å². The highest BCUT2D eigenvalue weighted by molar-refractivity contribution is 7.10. The minimum Gasteiger partial charge on any atom is -0.387 e. The molecule has 5 rings (SSSR count). The summed E-state index contributed by atoms with van der Waals surface area (Å²) >= 11 is 1.45. The second kappa shape index (κ2) is 10.4. The van der Waals surface area contributed by atoms with Gasteiger partial charge in [0, 0.05) is 36.5 Å². The Morgan fingerprint density at radius 3 is 2.55 bits per heavy atom. The number of aromatic nitrogens is 3. The lowest BCUT2D eigenvalue weighted by Gasteiger charge is -2.31. The van der Waals surface area contributed by atoms with Crippen molar-refractivity contribution in [3.63, 3.8) is 0 Å². The van der Waals surface area contributed by atoms with E-state index in [9.17, 15) is 26.7 Å². The number of halogens is 5. The van der Waals surface area contributed by atoms with Gasteiger partial charge in [0.25, 0.3) is 0 Å². The van der Waals surface area contributed by atoms with Crippen LogP contribution in [-0.4, -0.2) is 44.4 Å². The number of aryl methyl sites for hydroxylation is 1. The molecule has 0 N–H and O–H groups in total. The van der Waals surface area contributed by atoms with Crippen LogP contribution < -0.4 is 0 Å². The normalized spacial score (nSPS) is 18.5. The number of carbonyl (C=O) groups excluding carboxylic acids is 1. The van der Waals surface area contributed by atoms with E-state index in [-0.39, 0.29) is 30.4 Å². The maximum Gasteiger partial charge on any atom is 0.435 e. The van der Waals surface area contributed by atoms with Gasteiger partial charge in [0.15, 0.2) is 11.8 Å². The van der Waals surface area contributed by atoms with E-state index in [1.807, 2.05) is 5.38 Å². The van der Waals surface area contributed by atoms with Crippen LogP contribution in [0.5, 0.6) is 0 Å². The standard InChI is InChI=1S/C25H24F5N5O2S/c1-2-15-10-21(25(28,29)30)32-35(15)12-22(36)34-8-6-14(7-9-34)24-31-19(13-38-24)18-11-20(37-33-18)23-16(26)4-3-5-17(23)27/h3-5,10,13-14,20H,2,6-9,11-12H2,1H3. The quantitative estimate of drug-likeness (QED) is 0.380. The van der Waals surface area contributed by atoms with Crippen LogP contribution in [0.15, 0.2) is 34.8 Å². The second-order valence-electron chi connectivity index (χ2n) is 9.23. The van der Waals surface area contributed by atoms with E-state index in [0.717, 1.165) is 15.8 Å². The molecule has 7 nitrogen and oxygen atoms in total. The maximum absolute atomic E-state index is 14.1. The minimum absolute atomic E-state index is 0.105. The van der Waals surface area contributed by atoms with Crippen LogP contribution in [0.3, 0.4) is 0 Å². The monoisotopic (exact) mass is 553 g/mol. The fourth-order valence-corrected chi connectivity index (χ4v) is 5.73. The number of piperidine rings is 1. The maximum atomic E-state index is 14.1. The molecule has 202 valence electrons. The molecule has 38 heavy (non-hydrogen) atoms. The number of hydrogen-bond acceptors (Lipinski definition) is 6. The molecule has 1 amide bonds. The highest BCUT2D eigenvalue weighted by atomic mass is 32.1. The number of rotatable bonds is 6. The van der Waals surface area contributed by atoms with Gasteiger partial charge in [0.2, 0.25) is 5.91 Å². The lowest BCUT2D eigenvalue weighted by atomic mass is 9.97. The summed E-state index contributed by atoms with van der Waals surface area (Å²) < 4.78 is 68.4. The van der Waals surface area contributed by atoms with Crippen LogP contribution in [0.1, 0.15) is 65.9 Å². The average molecular weight is 554 g/mol. The van der Waals surface area contributed by atoms with Crippen LogP contribution in [0, 0.1) is 11.6 Å². The Bertz CT molecular complexity index is 1340. The number of alkyl halides is 3. The van der Waals surface area contributed by atoms with E-state index in [1.165, 1.54) is 29.5 Å². The van der Waals surface area contributed by atoms with E-state index in [1.54, 1.807) is 11.8 Å². The van der Waals surface area contributed by atoms with Crippen LogP contribution >= 0.6 is 11.3 Å². The number of likely N-dealkylation sites (tertiary alicyclic amines) is 1. The zero-order valence-electron chi connectivity index (χ0n) is 20.3. The van der Waals surface area contributed by atoms with Crippen molar-refractivity contribution in [2.45, 2.75) is 57.3 Å². The first-order valence-corrected chi connectivity index (χ1v) is 13.1. The van der Waals surface area contributed by atoms with Crippen molar-refractivity contribution in [1.82, 2.24) is 19.7 Å². The SMILES string of the molecule is CCc1cc(C(F)(F)F)nn1CC(=O)N1CCC(c2nc(C3=NOC(c4c(F)cccc4F)C3)cs2)CC1. The molecule has 0 spiro atoms. The Balaban J connectivity index is 1.17. The van der Waals surface area contributed by atoms with Gasteiger partial charge in [-0.3, -0.25) is 9.48 Å². The summed E-state index contributed by atoms with van der Waals surface area (Å²) in [4.78, 5) is 24.4. The van der Waals surface area contributed by atoms with Gasteiger partial charge in [-0.1, -0.05) is 18.1 Å². The first kappa shape index (κ1) is 26.3. The van der Waals surface area contributed by atoms with Crippen molar-refractivity contribution >= 4 is 23.0 Å². The van der Waals surface area contributed by atoms with Crippen LogP contribution in [0.2, 0.25) is 0 Å². The van der Waals surface area contributed by atoms with E-state index >= 15 is 0 Å². The fraction of sp³-hybridized carbons (Fsp3) is 0.440. The van der Waals surface area contributed by atoms with E-state index < -0.39 is 29.6 Å². The van der Waals surface area contributed by atoms with Gasteiger partial charge in [-0.05, 0) is 37.5 Å². The van der Waals surface area contributed by atoms with Gasteiger partial charge in [0.1, 0.15) is 23.9 Å². The summed E-state index contributed by atoms with van der Waals surface area (Å²) in [6, 6.07) is 4.62. The number of amides is 1. The number of benzene rings is 1. The molecule has 0 radical (unpaired) electrons. The van der Waals surface area contributed by atoms with Gasteiger partial charge >= 0.3 is 6.18 Å².